The predicted molar refractivity (Wildman–Crippen MR) is 124 cm³/mol. The van der Waals surface area contributed by atoms with Crippen LogP contribution in [0.3, 0.4) is 0 Å². The van der Waals surface area contributed by atoms with Gasteiger partial charge in [-0.2, -0.15) is 0 Å². The highest BCUT2D eigenvalue weighted by Crippen LogP contribution is 2.33. The minimum Gasteiger partial charge on any atom is -0.440 e. The second-order valence-electron chi connectivity index (χ2n) is 7.75. The highest BCUT2D eigenvalue weighted by atomic mass is 16.5. The van der Waals surface area contributed by atoms with Gasteiger partial charge < -0.3 is 19.5 Å². The van der Waals surface area contributed by atoms with Crippen LogP contribution in [0.4, 0.5) is 10.7 Å². The number of pyridine rings is 1. The summed E-state index contributed by atoms with van der Waals surface area (Å²) < 4.78 is 11.6. The van der Waals surface area contributed by atoms with Crippen LogP contribution in [0.5, 0.6) is 0 Å². The second-order valence-corrected chi connectivity index (χ2v) is 7.75. The average molecular weight is 447 g/mol. The molecule has 3 aromatic heterocycles. The number of H-pyrrole nitrogens is 1. The molecule has 170 valence electrons. The molecular formula is C23H25N7O3. The van der Waals surface area contributed by atoms with Crippen LogP contribution < -0.4 is 10.6 Å². The quantitative estimate of drug-likeness (QED) is 0.415. The predicted octanol–water partition coefficient (Wildman–Crippen LogP) is 3.25. The topological polar surface area (TPSA) is 121 Å². The number of nitrogens with one attached hydrogen (secondary N) is 3. The van der Waals surface area contributed by atoms with Crippen LogP contribution in [0.2, 0.25) is 0 Å². The zero-order chi connectivity index (χ0) is 22.6. The monoisotopic (exact) mass is 447 g/mol. The van der Waals surface area contributed by atoms with E-state index in [0.29, 0.717) is 30.4 Å². The average Bonchev–Trinajstić information content (AvgIpc) is 3.46. The summed E-state index contributed by atoms with van der Waals surface area (Å²) in [5.74, 6) is 1.62. The number of aromatic nitrogens is 4. The third kappa shape index (κ3) is 4.71. The normalized spacial score (nSPS) is 14.5. The Balaban J connectivity index is 1.53. The Morgan fingerprint density at radius 2 is 2.09 bits per heavy atom. The van der Waals surface area contributed by atoms with Gasteiger partial charge in [-0.25, -0.2) is 14.8 Å². The summed E-state index contributed by atoms with van der Waals surface area (Å²) in [6, 6.07) is 7.49. The summed E-state index contributed by atoms with van der Waals surface area (Å²) in [5, 5.41) is 5.43. The Labute approximate surface area is 190 Å². The number of fused-ring (bicyclic) bond motifs is 1. The van der Waals surface area contributed by atoms with Crippen LogP contribution >= 0.6 is 0 Å². The van der Waals surface area contributed by atoms with Crippen molar-refractivity contribution in [1.29, 1.82) is 0 Å². The lowest BCUT2D eigenvalue weighted by Gasteiger charge is -2.25. The van der Waals surface area contributed by atoms with Crippen LogP contribution in [0, 0.1) is 0 Å². The molecule has 33 heavy (non-hydrogen) atoms. The van der Waals surface area contributed by atoms with Gasteiger partial charge in [0.15, 0.2) is 0 Å². The van der Waals surface area contributed by atoms with Gasteiger partial charge in [-0.05, 0) is 30.7 Å². The molecule has 10 heteroatoms. The van der Waals surface area contributed by atoms with Crippen LogP contribution in [0.1, 0.15) is 12.7 Å². The Bertz CT molecular complexity index is 1250. The number of oxazole rings is 1. The number of nitrogens with zero attached hydrogens (tertiary/aromatic N) is 4. The first-order valence-electron chi connectivity index (χ1n) is 10.9. The summed E-state index contributed by atoms with van der Waals surface area (Å²) in [6.07, 6.45) is 5.29. The Hall–Kier alpha value is -3.76. The number of urea groups is 1. The van der Waals surface area contributed by atoms with Crippen LogP contribution in [-0.4, -0.2) is 63.7 Å². The van der Waals surface area contributed by atoms with E-state index in [2.05, 4.69) is 35.5 Å². The number of hydrogen-bond acceptors (Lipinski definition) is 7. The molecule has 3 N–H and O–H groups in total. The third-order valence-corrected chi connectivity index (χ3v) is 5.42. The van der Waals surface area contributed by atoms with E-state index in [4.69, 9.17) is 9.15 Å². The Kier molecular flexibility index (Phi) is 6.01. The molecule has 4 aromatic rings. The molecule has 0 bridgehead atoms. The number of morpholine rings is 1. The number of ether oxygens (including phenoxy) is 1. The molecule has 1 aliphatic heterocycles. The van der Waals surface area contributed by atoms with Gasteiger partial charge in [0.25, 0.3) is 0 Å². The zero-order valence-electron chi connectivity index (χ0n) is 18.3. The highest BCUT2D eigenvalue weighted by molar-refractivity contribution is 5.97. The van der Waals surface area contributed by atoms with Gasteiger partial charge >= 0.3 is 6.03 Å². The van der Waals surface area contributed by atoms with Gasteiger partial charge in [-0.3, -0.25) is 15.2 Å². The van der Waals surface area contributed by atoms with Crippen molar-refractivity contribution in [2.75, 3.05) is 38.2 Å². The summed E-state index contributed by atoms with van der Waals surface area (Å²) in [4.78, 5) is 30.8. The van der Waals surface area contributed by atoms with Crippen molar-refractivity contribution >= 4 is 23.0 Å². The number of carbonyl (C=O) groups excluding carboxylic acids is 1. The molecule has 0 atom stereocenters. The summed E-state index contributed by atoms with van der Waals surface area (Å²) in [6.45, 7) is 6.24. The maximum Gasteiger partial charge on any atom is 0.321 e. The summed E-state index contributed by atoms with van der Waals surface area (Å²) in [5.41, 5.74) is 4.05. The number of benzene rings is 1. The van der Waals surface area contributed by atoms with E-state index < -0.39 is 0 Å². The first-order valence-corrected chi connectivity index (χ1v) is 10.9. The molecule has 1 fully saturated rings. The van der Waals surface area contributed by atoms with Crippen molar-refractivity contribution in [3.05, 3.63) is 48.6 Å². The van der Waals surface area contributed by atoms with Crippen molar-refractivity contribution in [3.8, 4) is 22.6 Å². The lowest BCUT2D eigenvalue weighted by atomic mass is 10.0. The van der Waals surface area contributed by atoms with E-state index in [1.54, 1.807) is 18.6 Å². The van der Waals surface area contributed by atoms with Crippen molar-refractivity contribution in [1.82, 2.24) is 30.2 Å². The van der Waals surface area contributed by atoms with Gasteiger partial charge in [0.1, 0.15) is 5.76 Å². The van der Waals surface area contributed by atoms with E-state index in [-0.39, 0.29) is 6.03 Å². The maximum atomic E-state index is 12.0. The third-order valence-electron chi connectivity index (χ3n) is 5.42. The fourth-order valence-corrected chi connectivity index (χ4v) is 3.84. The van der Waals surface area contributed by atoms with Crippen molar-refractivity contribution in [3.63, 3.8) is 0 Å². The number of carbonyl (C=O) groups is 1. The number of imidazole rings is 1. The van der Waals surface area contributed by atoms with E-state index >= 15 is 0 Å². The molecule has 0 unspecified atom stereocenters. The minimum absolute atomic E-state index is 0.325. The molecule has 1 aromatic carbocycles. The van der Waals surface area contributed by atoms with Gasteiger partial charge in [0, 0.05) is 37.6 Å². The largest absolute Gasteiger partial charge is 0.440 e. The van der Waals surface area contributed by atoms with Crippen molar-refractivity contribution in [2.24, 2.45) is 0 Å². The molecule has 0 saturated carbocycles. The van der Waals surface area contributed by atoms with Crippen molar-refractivity contribution in [2.45, 2.75) is 13.5 Å². The molecule has 1 aliphatic rings. The zero-order valence-corrected chi connectivity index (χ0v) is 18.3. The van der Waals surface area contributed by atoms with Crippen LogP contribution in [-0.2, 0) is 11.3 Å². The fraction of sp³-hybridized carbons (Fsp3) is 0.304. The first-order chi connectivity index (χ1) is 16.2. The smallest absolute Gasteiger partial charge is 0.321 e. The molecular weight excluding hydrogens is 422 g/mol. The van der Waals surface area contributed by atoms with E-state index in [1.165, 1.54) is 0 Å². The minimum atomic E-state index is -0.325. The number of anilines is 1. The molecule has 2 amide bonds. The Morgan fingerprint density at radius 1 is 1.21 bits per heavy atom. The fourth-order valence-electron chi connectivity index (χ4n) is 3.84. The number of aromatic amines is 1. The highest BCUT2D eigenvalue weighted by Gasteiger charge is 2.19. The number of amides is 2. The van der Waals surface area contributed by atoms with Gasteiger partial charge in [-0.15, -0.1) is 0 Å². The van der Waals surface area contributed by atoms with E-state index in [9.17, 15) is 4.79 Å². The van der Waals surface area contributed by atoms with E-state index in [0.717, 1.165) is 54.3 Å². The summed E-state index contributed by atoms with van der Waals surface area (Å²) in [7, 11) is 0. The van der Waals surface area contributed by atoms with Crippen LogP contribution in [0.15, 0.2) is 47.3 Å². The summed E-state index contributed by atoms with van der Waals surface area (Å²) >= 11 is 0. The molecule has 4 heterocycles. The maximum absolute atomic E-state index is 12.0. The second kappa shape index (κ2) is 9.39. The van der Waals surface area contributed by atoms with Crippen LogP contribution in [0.25, 0.3) is 33.6 Å². The van der Waals surface area contributed by atoms with Gasteiger partial charge in [0.2, 0.25) is 11.8 Å². The molecule has 0 aliphatic carbocycles. The van der Waals surface area contributed by atoms with Gasteiger partial charge in [0.05, 0.1) is 42.6 Å². The van der Waals surface area contributed by atoms with Gasteiger partial charge in [-0.1, -0.05) is 6.07 Å². The standard InChI is InChI=1S/C23H25N7O3/c1-2-25-23(31)29-22-27-19-11-16(15-4-3-5-24-12-15)10-18(20(19)28-22)21-26-13-17(33-21)14-30-6-8-32-9-7-30/h3-5,10-13H,2,6-9,14H2,1H3,(H3,25,27,28,29,31). The molecule has 1 saturated heterocycles. The lowest BCUT2D eigenvalue weighted by molar-refractivity contribution is 0.0314. The SMILES string of the molecule is CCNC(=O)Nc1nc2cc(-c3cccnc3)cc(-c3ncc(CN4CCOCC4)o3)c2[nH]1. The number of rotatable bonds is 6. The lowest BCUT2D eigenvalue weighted by Crippen LogP contribution is -2.35. The molecule has 10 nitrogen and oxygen atoms in total. The Morgan fingerprint density at radius 3 is 2.88 bits per heavy atom. The first kappa shape index (κ1) is 21.1. The molecule has 0 radical (unpaired) electrons. The molecule has 5 rings (SSSR count). The van der Waals surface area contributed by atoms with E-state index in [1.807, 2.05) is 31.2 Å². The molecule has 0 spiro atoms. The number of hydrogen-bond donors (Lipinski definition) is 3. The van der Waals surface area contributed by atoms with Crippen molar-refractivity contribution < 1.29 is 13.9 Å².